The van der Waals surface area contributed by atoms with Crippen molar-refractivity contribution in [1.82, 2.24) is 10.0 Å². The number of hydrogen-bond acceptors (Lipinski definition) is 6. The Labute approximate surface area is 117 Å². The van der Waals surface area contributed by atoms with E-state index < -0.39 is 26.7 Å². The number of nitro groups is 1. The number of aliphatic hydroxyl groups excluding tert-OH is 1. The summed E-state index contributed by atoms with van der Waals surface area (Å²) in [6.45, 7) is 2.32. The molecule has 1 aromatic rings. The maximum atomic E-state index is 12.0. The Bertz CT molecular complexity index is 559. The number of aliphatic hydroxyl groups is 1. The van der Waals surface area contributed by atoms with E-state index in [0.29, 0.717) is 13.1 Å². The molecule has 0 saturated heterocycles. The van der Waals surface area contributed by atoms with E-state index in [2.05, 4.69) is 10.0 Å². The van der Waals surface area contributed by atoms with Crippen LogP contribution in [0.2, 0.25) is 0 Å². The first kappa shape index (κ1) is 16.5. The second kappa shape index (κ2) is 7.29. The van der Waals surface area contributed by atoms with E-state index in [9.17, 15) is 18.5 Å². The Hall–Kier alpha value is -1.55. The van der Waals surface area contributed by atoms with Crippen LogP contribution in [0.5, 0.6) is 0 Å². The molecule has 1 atom stereocenters. The summed E-state index contributed by atoms with van der Waals surface area (Å²) in [7, 11) is -3.93. The normalized spacial score (nSPS) is 13.1. The molecule has 0 aliphatic rings. The van der Waals surface area contributed by atoms with Crippen molar-refractivity contribution >= 4 is 15.7 Å². The largest absolute Gasteiger partial charge is 0.392 e. The highest BCUT2D eigenvalue weighted by Gasteiger charge is 2.24. The van der Waals surface area contributed by atoms with Gasteiger partial charge in [-0.15, -0.1) is 0 Å². The lowest BCUT2D eigenvalue weighted by atomic mass is 10.3. The van der Waals surface area contributed by atoms with Gasteiger partial charge in [-0.3, -0.25) is 10.1 Å². The molecule has 0 radical (unpaired) electrons. The van der Waals surface area contributed by atoms with Crippen molar-refractivity contribution in [1.29, 1.82) is 0 Å². The maximum Gasteiger partial charge on any atom is 0.289 e. The van der Waals surface area contributed by atoms with Crippen molar-refractivity contribution in [2.75, 3.05) is 19.6 Å². The Morgan fingerprint density at radius 2 is 2.00 bits per heavy atom. The van der Waals surface area contributed by atoms with Crippen LogP contribution in [-0.4, -0.2) is 44.2 Å². The number of benzene rings is 1. The lowest BCUT2D eigenvalue weighted by molar-refractivity contribution is -0.387. The summed E-state index contributed by atoms with van der Waals surface area (Å²) < 4.78 is 26.2. The fraction of sp³-hybridized carbons (Fsp3) is 0.455. The molecule has 9 heteroatoms. The average Bonchev–Trinajstić information content (AvgIpc) is 2.37. The van der Waals surface area contributed by atoms with Crippen LogP contribution in [0.25, 0.3) is 0 Å². The van der Waals surface area contributed by atoms with Crippen molar-refractivity contribution in [3.8, 4) is 0 Å². The van der Waals surface area contributed by atoms with Crippen molar-refractivity contribution in [3.63, 3.8) is 0 Å². The molecule has 1 aromatic carbocycles. The first-order valence-electron chi connectivity index (χ1n) is 5.96. The lowest BCUT2D eigenvalue weighted by Crippen LogP contribution is -2.34. The van der Waals surface area contributed by atoms with E-state index in [1.807, 2.05) is 0 Å². The maximum absolute atomic E-state index is 12.0. The molecule has 0 saturated carbocycles. The summed E-state index contributed by atoms with van der Waals surface area (Å²) in [5.74, 6) is 0. The molecule has 112 valence electrons. The molecule has 20 heavy (non-hydrogen) atoms. The van der Waals surface area contributed by atoms with E-state index >= 15 is 0 Å². The van der Waals surface area contributed by atoms with E-state index in [1.165, 1.54) is 18.2 Å². The number of sulfonamides is 1. The van der Waals surface area contributed by atoms with Gasteiger partial charge in [0.15, 0.2) is 4.90 Å². The minimum Gasteiger partial charge on any atom is -0.392 e. The van der Waals surface area contributed by atoms with Crippen LogP contribution in [0, 0.1) is 10.1 Å². The topological polar surface area (TPSA) is 122 Å². The third-order valence-corrected chi connectivity index (χ3v) is 3.89. The molecule has 1 unspecified atom stereocenters. The summed E-state index contributed by atoms with van der Waals surface area (Å²) in [4.78, 5) is 9.70. The second-order valence-corrected chi connectivity index (χ2v) is 5.91. The predicted molar refractivity (Wildman–Crippen MR) is 72.8 cm³/mol. The van der Waals surface area contributed by atoms with Gasteiger partial charge < -0.3 is 10.4 Å². The Morgan fingerprint density at radius 3 is 2.60 bits per heavy atom. The quantitative estimate of drug-likeness (QED) is 0.348. The predicted octanol–water partition coefficient (Wildman–Crippen LogP) is -0.156. The summed E-state index contributed by atoms with van der Waals surface area (Å²) in [6, 6.07) is 5.15. The van der Waals surface area contributed by atoms with Crippen molar-refractivity contribution in [2.24, 2.45) is 0 Å². The zero-order valence-electron chi connectivity index (χ0n) is 10.9. The van der Waals surface area contributed by atoms with Crippen molar-refractivity contribution < 1.29 is 18.4 Å². The number of nitrogens with zero attached hydrogens (tertiary/aromatic N) is 1. The summed E-state index contributed by atoms with van der Waals surface area (Å²) in [5, 5.41) is 22.6. The molecular weight excluding hydrogens is 286 g/mol. The minimum atomic E-state index is -3.93. The molecule has 0 amide bonds. The highest BCUT2D eigenvalue weighted by Crippen LogP contribution is 2.22. The van der Waals surface area contributed by atoms with Crippen LogP contribution >= 0.6 is 0 Å². The molecule has 3 N–H and O–H groups in total. The van der Waals surface area contributed by atoms with Crippen LogP contribution < -0.4 is 10.0 Å². The van der Waals surface area contributed by atoms with Gasteiger partial charge in [0.1, 0.15) is 0 Å². The molecule has 0 aromatic heterocycles. The average molecular weight is 303 g/mol. The minimum absolute atomic E-state index is 0.0705. The standard InChI is InChI=1S/C11H17N3O5S/c1-9(15)8-12-6-7-13-20(18,19)11-5-3-2-4-10(11)14(16)17/h2-5,9,12-13,15H,6-8H2,1H3. The zero-order valence-corrected chi connectivity index (χ0v) is 11.8. The van der Waals surface area contributed by atoms with Gasteiger partial charge >= 0.3 is 0 Å². The fourth-order valence-corrected chi connectivity index (χ4v) is 2.70. The van der Waals surface area contributed by atoms with Crippen LogP contribution in [0.1, 0.15) is 6.92 Å². The monoisotopic (exact) mass is 303 g/mol. The molecule has 0 heterocycles. The van der Waals surface area contributed by atoms with Gasteiger partial charge in [-0.05, 0) is 13.0 Å². The van der Waals surface area contributed by atoms with Gasteiger partial charge in [0.25, 0.3) is 5.69 Å². The number of nitrogens with one attached hydrogen (secondary N) is 2. The third-order valence-electron chi connectivity index (χ3n) is 2.39. The highest BCUT2D eigenvalue weighted by atomic mass is 32.2. The van der Waals surface area contributed by atoms with Crippen LogP contribution in [0.3, 0.4) is 0 Å². The van der Waals surface area contributed by atoms with Crippen LogP contribution in [0.4, 0.5) is 5.69 Å². The Kier molecular flexibility index (Phi) is 6.02. The van der Waals surface area contributed by atoms with Gasteiger partial charge in [0, 0.05) is 25.7 Å². The summed E-state index contributed by atoms with van der Waals surface area (Å²) >= 11 is 0. The van der Waals surface area contributed by atoms with Crippen molar-refractivity contribution in [3.05, 3.63) is 34.4 Å². The molecule has 0 aliphatic heterocycles. The molecule has 8 nitrogen and oxygen atoms in total. The first-order chi connectivity index (χ1) is 9.34. The van der Waals surface area contributed by atoms with Gasteiger partial charge in [-0.25, -0.2) is 13.1 Å². The molecule has 0 aliphatic carbocycles. The Morgan fingerprint density at radius 1 is 1.35 bits per heavy atom. The molecule has 0 fully saturated rings. The zero-order chi connectivity index (χ0) is 15.2. The van der Waals surface area contributed by atoms with Gasteiger partial charge in [0.05, 0.1) is 11.0 Å². The van der Waals surface area contributed by atoms with E-state index in [0.717, 1.165) is 6.07 Å². The van der Waals surface area contributed by atoms with E-state index in [1.54, 1.807) is 6.92 Å². The molecule has 1 rings (SSSR count). The first-order valence-corrected chi connectivity index (χ1v) is 7.45. The van der Waals surface area contributed by atoms with Gasteiger partial charge in [-0.2, -0.15) is 0 Å². The summed E-state index contributed by atoms with van der Waals surface area (Å²) in [5.41, 5.74) is -0.461. The van der Waals surface area contributed by atoms with Gasteiger partial charge in [0.2, 0.25) is 10.0 Å². The second-order valence-electron chi connectivity index (χ2n) is 4.18. The van der Waals surface area contributed by atoms with Gasteiger partial charge in [-0.1, -0.05) is 12.1 Å². The highest BCUT2D eigenvalue weighted by molar-refractivity contribution is 7.89. The number of para-hydroxylation sites is 1. The SMILES string of the molecule is CC(O)CNCCNS(=O)(=O)c1ccccc1[N+](=O)[O-]. The number of rotatable bonds is 8. The van der Waals surface area contributed by atoms with Crippen LogP contribution in [0.15, 0.2) is 29.2 Å². The lowest BCUT2D eigenvalue weighted by Gasteiger charge is -2.09. The molecular formula is C11H17N3O5S. The van der Waals surface area contributed by atoms with E-state index in [4.69, 9.17) is 5.11 Å². The van der Waals surface area contributed by atoms with E-state index in [-0.39, 0.29) is 11.4 Å². The fourth-order valence-electron chi connectivity index (χ4n) is 1.50. The Balaban J connectivity index is 2.68. The number of hydrogen-bond donors (Lipinski definition) is 3. The summed E-state index contributed by atoms with van der Waals surface area (Å²) in [6.07, 6.45) is -0.526. The number of nitro benzene ring substituents is 1. The smallest absolute Gasteiger partial charge is 0.289 e. The molecule has 0 bridgehead atoms. The molecule has 0 spiro atoms. The van der Waals surface area contributed by atoms with Crippen molar-refractivity contribution in [2.45, 2.75) is 17.9 Å². The third kappa shape index (κ3) is 4.85. The van der Waals surface area contributed by atoms with Crippen LogP contribution in [-0.2, 0) is 10.0 Å².